The fourth-order valence-electron chi connectivity index (χ4n) is 4.35. The van der Waals surface area contributed by atoms with Gasteiger partial charge in [0.05, 0.1) is 11.4 Å². The number of primary amides is 1. The molecule has 184 valence electrons. The lowest BCUT2D eigenvalue weighted by Crippen LogP contribution is -2.13. The Labute approximate surface area is 211 Å². The van der Waals surface area contributed by atoms with Gasteiger partial charge < -0.3 is 16.4 Å². The first-order valence-corrected chi connectivity index (χ1v) is 11.5. The fourth-order valence-corrected chi connectivity index (χ4v) is 4.35. The Kier molecular flexibility index (Phi) is 6.23. The molecule has 37 heavy (non-hydrogen) atoms. The molecule has 0 heterocycles. The van der Waals surface area contributed by atoms with Crippen LogP contribution in [0.3, 0.4) is 0 Å². The Hall–Kier alpha value is -4.85. The van der Waals surface area contributed by atoms with Crippen LogP contribution in [0.5, 0.6) is 0 Å². The molecule has 0 saturated heterocycles. The molecule has 0 spiro atoms. The average molecular weight is 498 g/mol. The molecule has 0 atom stereocenters. The quantitative estimate of drug-likeness (QED) is 0.344. The number of hydrogen-bond acceptors (Lipinski definition) is 4. The summed E-state index contributed by atoms with van der Waals surface area (Å²) >= 11 is 0. The SMILES string of the molecule is NC(=O)c1ccc2c(c1)C(=O)c1ccc(Nc3cc(NC(=O)c4ccccc4)c(F)cc3F)cc1CC2. The molecule has 0 radical (unpaired) electrons. The standard InChI is InChI=1S/C29H21F2N3O3/c30-23-14-24(31)26(34-29(37)17-4-2-1-3-5-17)15-25(23)33-20-10-11-21-18(12-20)8-6-16-7-9-19(28(32)36)13-22(16)27(21)35/h1-5,7,9-15,33H,6,8H2,(H2,32,36)(H,34,37). The molecule has 1 aliphatic carbocycles. The number of benzene rings is 4. The summed E-state index contributed by atoms with van der Waals surface area (Å²) in [5.74, 6) is -3.11. The zero-order valence-corrected chi connectivity index (χ0v) is 19.5. The summed E-state index contributed by atoms with van der Waals surface area (Å²) in [4.78, 5) is 37.2. The van der Waals surface area contributed by atoms with Crippen LogP contribution in [0.15, 0.2) is 78.9 Å². The number of fused-ring (bicyclic) bond motifs is 2. The number of nitrogens with two attached hydrogens (primary N) is 1. The second kappa shape index (κ2) is 9.66. The van der Waals surface area contributed by atoms with E-state index in [1.54, 1.807) is 60.7 Å². The predicted octanol–water partition coefficient (Wildman–Crippen LogP) is 5.39. The Balaban J connectivity index is 1.41. The zero-order chi connectivity index (χ0) is 26.1. The highest BCUT2D eigenvalue weighted by Crippen LogP contribution is 2.31. The van der Waals surface area contributed by atoms with E-state index in [9.17, 15) is 23.2 Å². The number of hydrogen-bond donors (Lipinski definition) is 3. The summed E-state index contributed by atoms with van der Waals surface area (Å²) in [5.41, 5.74) is 8.69. The number of amides is 2. The van der Waals surface area contributed by atoms with Gasteiger partial charge in [-0.15, -0.1) is 0 Å². The molecule has 0 fully saturated rings. The molecular formula is C29H21F2N3O3. The van der Waals surface area contributed by atoms with Crippen molar-refractivity contribution in [3.05, 3.63) is 124 Å². The van der Waals surface area contributed by atoms with Gasteiger partial charge in [-0.3, -0.25) is 14.4 Å². The molecule has 0 aliphatic heterocycles. The summed E-state index contributed by atoms with van der Waals surface area (Å²) in [6, 6.07) is 20.0. The minimum atomic E-state index is -0.909. The third kappa shape index (κ3) is 4.81. The second-order valence-electron chi connectivity index (χ2n) is 8.69. The van der Waals surface area contributed by atoms with Crippen LogP contribution in [-0.2, 0) is 12.8 Å². The minimum Gasteiger partial charge on any atom is -0.366 e. The fraction of sp³-hybridized carbons (Fsp3) is 0.0690. The number of aryl methyl sites for hydroxylation is 2. The molecule has 4 aromatic rings. The van der Waals surface area contributed by atoms with Crippen LogP contribution in [0.2, 0.25) is 0 Å². The number of ketones is 1. The number of carbonyl (C=O) groups is 3. The van der Waals surface area contributed by atoms with Crippen molar-refractivity contribution in [3.8, 4) is 0 Å². The molecule has 4 N–H and O–H groups in total. The minimum absolute atomic E-state index is 0.0425. The van der Waals surface area contributed by atoms with Crippen molar-refractivity contribution in [1.82, 2.24) is 0 Å². The van der Waals surface area contributed by atoms with E-state index >= 15 is 0 Å². The number of halogens is 2. The third-order valence-electron chi connectivity index (χ3n) is 6.27. The van der Waals surface area contributed by atoms with Crippen molar-refractivity contribution in [3.63, 3.8) is 0 Å². The Morgan fingerprint density at radius 3 is 2.22 bits per heavy atom. The van der Waals surface area contributed by atoms with Crippen LogP contribution in [-0.4, -0.2) is 17.6 Å². The Bertz CT molecular complexity index is 1570. The van der Waals surface area contributed by atoms with E-state index in [1.807, 2.05) is 0 Å². The first-order chi connectivity index (χ1) is 17.8. The van der Waals surface area contributed by atoms with Crippen LogP contribution in [0.25, 0.3) is 0 Å². The molecule has 0 unspecified atom stereocenters. The molecular weight excluding hydrogens is 476 g/mol. The maximum absolute atomic E-state index is 14.6. The van der Waals surface area contributed by atoms with Crippen LogP contribution in [0.1, 0.15) is 47.8 Å². The summed E-state index contributed by atoms with van der Waals surface area (Å²) in [6.07, 6.45) is 1.11. The van der Waals surface area contributed by atoms with Gasteiger partial charge in [0.2, 0.25) is 5.91 Å². The number of carbonyl (C=O) groups excluding carboxylic acids is 3. The van der Waals surface area contributed by atoms with Crippen molar-refractivity contribution < 1.29 is 23.2 Å². The monoisotopic (exact) mass is 497 g/mol. The summed E-state index contributed by atoms with van der Waals surface area (Å²) in [6.45, 7) is 0. The lowest BCUT2D eigenvalue weighted by molar-refractivity contribution is 0.0997. The number of anilines is 3. The summed E-state index contributed by atoms with van der Waals surface area (Å²) in [5, 5.41) is 5.39. The molecule has 0 aromatic heterocycles. The first kappa shape index (κ1) is 23.9. The zero-order valence-electron chi connectivity index (χ0n) is 19.5. The highest BCUT2D eigenvalue weighted by Gasteiger charge is 2.23. The van der Waals surface area contributed by atoms with Crippen LogP contribution in [0, 0.1) is 11.6 Å². The molecule has 6 nitrogen and oxygen atoms in total. The predicted molar refractivity (Wildman–Crippen MR) is 136 cm³/mol. The molecule has 1 aliphatic rings. The molecule has 0 saturated carbocycles. The van der Waals surface area contributed by atoms with Gasteiger partial charge >= 0.3 is 0 Å². The maximum atomic E-state index is 14.6. The molecule has 4 aromatic carbocycles. The highest BCUT2D eigenvalue weighted by molar-refractivity contribution is 6.12. The Morgan fingerprint density at radius 2 is 1.46 bits per heavy atom. The largest absolute Gasteiger partial charge is 0.366 e. The second-order valence-corrected chi connectivity index (χ2v) is 8.69. The van der Waals surface area contributed by atoms with E-state index in [2.05, 4.69) is 10.6 Å². The molecule has 0 bridgehead atoms. The van der Waals surface area contributed by atoms with E-state index in [0.717, 1.165) is 11.1 Å². The number of rotatable bonds is 5. The summed E-state index contributed by atoms with van der Waals surface area (Å²) < 4.78 is 29.0. The summed E-state index contributed by atoms with van der Waals surface area (Å²) in [7, 11) is 0. The highest BCUT2D eigenvalue weighted by atomic mass is 19.1. The van der Waals surface area contributed by atoms with Gasteiger partial charge in [-0.25, -0.2) is 8.78 Å². The third-order valence-corrected chi connectivity index (χ3v) is 6.27. The molecule has 5 rings (SSSR count). The Morgan fingerprint density at radius 1 is 0.730 bits per heavy atom. The van der Waals surface area contributed by atoms with Crippen molar-refractivity contribution in [1.29, 1.82) is 0 Å². The lowest BCUT2D eigenvalue weighted by Gasteiger charge is -2.14. The number of nitrogens with one attached hydrogen (secondary N) is 2. The van der Waals surface area contributed by atoms with Crippen molar-refractivity contribution in [2.75, 3.05) is 10.6 Å². The van der Waals surface area contributed by atoms with Crippen LogP contribution < -0.4 is 16.4 Å². The lowest BCUT2D eigenvalue weighted by atomic mass is 9.96. The van der Waals surface area contributed by atoms with Crippen molar-refractivity contribution in [2.24, 2.45) is 5.73 Å². The van der Waals surface area contributed by atoms with Gasteiger partial charge in [0, 0.05) is 34.0 Å². The van der Waals surface area contributed by atoms with Crippen LogP contribution >= 0.6 is 0 Å². The average Bonchev–Trinajstić information content (AvgIpc) is 3.03. The van der Waals surface area contributed by atoms with Gasteiger partial charge in [-0.1, -0.05) is 24.3 Å². The van der Waals surface area contributed by atoms with Crippen LogP contribution in [0.4, 0.5) is 25.8 Å². The van der Waals surface area contributed by atoms with Crippen molar-refractivity contribution >= 4 is 34.7 Å². The smallest absolute Gasteiger partial charge is 0.255 e. The topological polar surface area (TPSA) is 101 Å². The molecule has 8 heteroatoms. The van der Waals surface area contributed by atoms with E-state index in [4.69, 9.17) is 5.73 Å². The van der Waals surface area contributed by atoms with E-state index in [1.165, 1.54) is 12.1 Å². The maximum Gasteiger partial charge on any atom is 0.255 e. The van der Waals surface area contributed by atoms with Gasteiger partial charge in [0.1, 0.15) is 11.6 Å². The van der Waals surface area contributed by atoms with Gasteiger partial charge in [-0.2, -0.15) is 0 Å². The van der Waals surface area contributed by atoms with Gasteiger partial charge in [0.25, 0.3) is 5.91 Å². The van der Waals surface area contributed by atoms with E-state index in [-0.39, 0.29) is 22.7 Å². The van der Waals surface area contributed by atoms with Gasteiger partial charge in [0.15, 0.2) is 5.78 Å². The van der Waals surface area contributed by atoms with Crippen molar-refractivity contribution in [2.45, 2.75) is 12.8 Å². The molecule has 2 amide bonds. The van der Waals surface area contributed by atoms with Gasteiger partial charge in [-0.05, 0) is 72.5 Å². The normalized spacial score (nSPS) is 12.2. The van der Waals surface area contributed by atoms with E-state index < -0.39 is 23.4 Å². The van der Waals surface area contributed by atoms with E-state index in [0.29, 0.717) is 41.3 Å². The first-order valence-electron chi connectivity index (χ1n) is 11.5.